The molecule has 0 unspecified atom stereocenters. The molecule has 27 heavy (non-hydrogen) atoms. The van der Waals surface area contributed by atoms with Crippen LogP contribution in [0.15, 0.2) is 60.7 Å². The number of sulfonamides is 1. The van der Waals surface area contributed by atoms with Crippen LogP contribution in [0.1, 0.15) is 22.8 Å². The lowest BCUT2D eigenvalue weighted by Crippen LogP contribution is -2.65. The number of amides is 1. The zero-order valence-electron chi connectivity index (χ0n) is 14.9. The van der Waals surface area contributed by atoms with E-state index in [2.05, 4.69) is 0 Å². The third-order valence-corrected chi connectivity index (χ3v) is 6.44. The lowest BCUT2D eigenvalue weighted by Gasteiger charge is -2.45. The van der Waals surface area contributed by atoms with Gasteiger partial charge in [0.2, 0.25) is 15.9 Å². The number of carbonyl (C=O) groups excluding carboxylic acids is 2. The van der Waals surface area contributed by atoms with Crippen molar-refractivity contribution >= 4 is 21.9 Å². The predicted molar refractivity (Wildman–Crippen MR) is 100 cm³/mol. The van der Waals surface area contributed by atoms with Crippen molar-refractivity contribution in [3.63, 3.8) is 0 Å². The maximum atomic E-state index is 12.5. The number of rotatable bonds is 7. The topological polar surface area (TPSA) is 80.8 Å². The van der Waals surface area contributed by atoms with Crippen molar-refractivity contribution in [3.8, 4) is 0 Å². The first-order valence-corrected chi connectivity index (χ1v) is 10.4. The van der Waals surface area contributed by atoms with Gasteiger partial charge in [-0.05, 0) is 31.0 Å². The van der Waals surface area contributed by atoms with Crippen LogP contribution in [-0.4, -0.2) is 43.0 Å². The monoisotopic (exact) mass is 387 g/mol. The van der Waals surface area contributed by atoms with Crippen LogP contribution in [0, 0.1) is 5.92 Å². The first-order chi connectivity index (χ1) is 12.9. The molecular weight excluding hydrogens is 366 g/mol. The summed E-state index contributed by atoms with van der Waals surface area (Å²) in [6.07, 6.45) is 0.406. The molecule has 0 bridgehead atoms. The van der Waals surface area contributed by atoms with E-state index in [1.54, 1.807) is 30.3 Å². The highest BCUT2D eigenvalue weighted by Gasteiger charge is 2.52. The molecule has 0 N–H and O–H groups in total. The molecule has 1 aliphatic rings. The summed E-state index contributed by atoms with van der Waals surface area (Å²) in [5.74, 6) is -1.69. The maximum Gasteiger partial charge on any atom is 0.338 e. The van der Waals surface area contributed by atoms with Crippen molar-refractivity contribution in [2.45, 2.75) is 19.4 Å². The summed E-state index contributed by atoms with van der Waals surface area (Å²) >= 11 is 0. The van der Waals surface area contributed by atoms with Crippen molar-refractivity contribution in [1.29, 1.82) is 0 Å². The van der Waals surface area contributed by atoms with Crippen molar-refractivity contribution in [2.24, 2.45) is 5.92 Å². The first kappa shape index (κ1) is 19.1. The first-order valence-electron chi connectivity index (χ1n) is 8.76. The Morgan fingerprint density at radius 2 is 1.63 bits per heavy atom. The number of nitrogens with zero attached hydrogens (tertiary/aromatic N) is 1. The molecule has 1 amide bonds. The molecule has 2 aromatic rings. The van der Waals surface area contributed by atoms with Crippen molar-refractivity contribution in [2.75, 3.05) is 12.4 Å². The molecule has 1 aliphatic heterocycles. The Hall–Kier alpha value is -2.67. The standard InChI is InChI=1S/C20H21NO5S/c1-2-27(24,25)21-18(14-26-20(23)16-11-7-4-8-12-16)17(19(21)22)13-15-9-5-3-6-10-15/h3-12,17-18H,2,13-14H2,1H3/t17-,18+/m1/s1. The van der Waals surface area contributed by atoms with Crippen LogP contribution in [-0.2, 0) is 26.0 Å². The van der Waals surface area contributed by atoms with Gasteiger partial charge in [-0.25, -0.2) is 17.5 Å². The van der Waals surface area contributed by atoms with E-state index >= 15 is 0 Å². The smallest absolute Gasteiger partial charge is 0.338 e. The second-order valence-corrected chi connectivity index (χ2v) is 8.50. The molecule has 7 heteroatoms. The van der Waals surface area contributed by atoms with E-state index < -0.39 is 33.9 Å². The van der Waals surface area contributed by atoms with Crippen LogP contribution in [0.3, 0.4) is 0 Å². The summed E-state index contributed by atoms with van der Waals surface area (Å²) in [4.78, 5) is 24.7. The molecule has 2 aromatic carbocycles. The number of benzene rings is 2. The number of carbonyl (C=O) groups is 2. The molecule has 0 aromatic heterocycles. The third-order valence-electron chi connectivity index (χ3n) is 4.66. The fourth-order valence-corrected chi connectivity index (χ4v) is 4.46. The van der Waals surface area contributed by atoms with E-state index in [4.69, 9.17) is 4.74 Å². The van der Waals surface area contributed by atoms with Gasteiger partial charge in [-0.1, -0.05) is 48.5 Å². The number of β-lactam (4-membered cyclic amide) rings is 1. The molecule has 3 rings (SSSR count). The zero-order chi connectivity index (χ0) is 19.4. The number of hydrogen-bond donors (Lipinski definition) is 0. The molecule has 2 atom stereocenters. The molecule has 0 radical (unpaired) electrons. The Labute approximate surface area is 158 Å². The number of ether oxygens (including phenoxy) is 1. The average Bonchev–Trinajstić information content (AvgIpc) is 2.70. The van der Waals surface area contributed by atoms with Gasteiger partial charge in [0.1, 0.15) is 6.61 Å². The van der Waals surface area contributed by atoms with Gasteiger partial charge in [-0.3, -0.25) is 4.79 Å². The van der Waals surface area contributed by atoms with Gasteiger partial charge in [0.15, 0.2) is 0 Å². The molecule has 1 fully saturated rings. The fraction of sp³-hybridized carbons (Fsp3) is 0.300. The van der Waals surface area contributed by atoms with Gasteiger partial charge in [0.25, 0.3) is 0 Å². The Kier molecular flexibility index (Phi) is 5.60. The lowest BCUT2D eigenvalue weighted by atomic mass is 9.85. The normalized spacial score (nSPS) is 19.4. The highest BCUT2D eigenvalue weighted by molar-refractivity contribution is 7.89. The number of esters is 1. The zero-order valence-corrected chi connectivity index (χ0v) is 15.8. The van der Waals surface area contributed by atoms with E-state index in [0.29, 0.717) is 12.0 Å². The second kappa shape index (κ2) is 7.92. The summed E-state index contributed by atoms with van der Waals surface area (Å²) in [6, 6.07) is 17.2. The van der Waals surface area contributed by atoms with Crippen molar-refractivity contribution < 1.29 is 22.7 Å². The minimum atomic E-state index is -3.71. The quantitative estimate of drug-likeness (QED) is 0.538. The van der Waals surface area contributed by atoms with E-state index in [1.807, 2.05) is 30.3 Å². The molecule has 6 nitrogen and oxygen atoms in total. The van der Waals surface area contributed by atoms with Crippen LogP contribution in [0.5, 0.6) is 0 Å². The Morgan fingerprint density at radius 3 is 2.22 bits per heavy atom. The second-order valence-electron chi connectivity index (χ2n) is 6.36. The average molecular weight is 387 g/mol. The largest absolute Gasteiger partial charge is 0.460 e. The predicted octanol–water partition coefficient (Wildman–Crippen LogP) is 2.26. The van der Waals surface area contributed by atoms with E-state index in [9.17, 15) is 18.0 Å². The Bertz CT molecular complexity index is 912. The minimum absolute atomic E-state index is 0.157. The highest BCUT2D eigenvalue weighted by atomic mass is 32.2. The summed E-state index contributed by atoms with van der Waals surface area (Å²) in [5, 5.41) is 0. The number of hydrogen-bond acceptors (Lipinski definition) is 5. The highest BCUT2D eigenvalue weighted by Crippen LogP contribution is 2.33. The van der Waals surface area contributed by atoms with Gasteiger partial charge in [0.05, 0.1) is 23.3 Å². The van der Waals surface area contributed by atoms with E-state index in [0.717, 1.165) is 9.87 Å². The molecule has 142 valence electrons. The van der Waals surface area contributed by atoms with Crippen LogP contribution in [0.25, 0.3) is 0 Å². The van der Waals surface area contributed by atoms with Crippen LogP contribution in [0.2, 0.25) is 0 Å². The van der Waals surface area contributed by atoms with Crippen LogP contribution >= 0.6 is 0 Å². The van der Waals surface area contributed by atoms with E-state index in [1.165, 1.54) is 6.92 Å². The van der Waals surface area contributed by atoms with E-state index in [-0.39, 0.29) is 12.4 Å². The lowest BCUT2D eigenvalue weighted by molar-refractivity contribution is -0.148. The molecule has 0 aliphatic carbocycles. The molecule has 0 spiro atoms. The summed E-state index contributed by atoms with van der Waals surface area (Å²) in [7, 11) is -3.71. The molecule has 1 saturated heterocycles. The fourth-order valence-electron chi connectivity index (χ4n) is 3.15. The molecule has 1 heterocycles. The third kappa shape index (κ3) is 4.03. The molecule has 0 saturated carbocycles. The van der Waals surface area contributed by atoms with Crippen molar-refractivity contribution in [3.05, 3.63) is 71.8 Å². The van der Waals surface area contributed by atoms with Crippen LogP contribution in [0.4, 0.5) is 0 Å². The van der Waals surface area contributed by atoms with Gasteiger partial charge in [-0.15, -0.1) is 0 Å². The summed E-state index contributed by atoms with van der Waals surface area (Å²) in [6.45, 7) is 1.33. The van der Waals surface area contributed by atoms with Gasteiger partial charge < -0.3 is 4.74 Å². The summed E-state index contributed by atoms with van der Waals surface area (Å²) < 4.78 is 30.8. The SMILES string of the molecule is CCS(=O)(=O)N1C(=O)[C@H](Cc2ccccc2)[C@@H]1COC(=O)c1ccccc1. The summed E-state index contributed by atoms with van der Waals surface area (Å²) in [5.41, 5.74) is 1.32. The van der Waals surface area contributed by atoms with Gasteiger partial charge >= 0.3 is 5.97 Å². The maximum absolute atomic E-state index is 12.5. The molecular formula is C20H21NO5S. The minimum Gasteiger partial charge on any atom is -0.460 e. The van der Waals surface area contributed by atoms with Gasteiger partial charge in [0, 0.05) is 0 Å². The van der Waals surface area contributed by atoms with Gasteiger partial charge in [-0.2, -0.15) is 0 Å². The Morgan fingerprint density at radius 1 is 1.04 bits per heavy atom. The Balaban J connectivity index is 1.75. The van der Waals surface area contributed by atoms with Crippen molar-refractivity contribution in [1.82, 2.24) is 4.31 Å². The van der Waals surface area contributed by atoms with Crippen LogP contribution < -0.4 is 0 Å².